The number of aromatic nitrogens is 8. The van der Waals surface area contributed by atoms with E-state index in [9.17, 15) is 0 Å². The molecule has 0 amide bonds. The molecule has 0 N–H and O–H groups in total. The number of hydrogen-bond donors (Lipinski definition) is 0. The van der Waals surface area contributed by atoms with Crippen molar-refractivity contribution in [2.24, 2.45) is 0 Å². The van der Waals surface area contributed by atoms with E-state index in [0.717, 1.165) is 47.0 Å². The van der Waals surface area contributed by atoms with Gasteiger partial charge >= 0.3 is 21.1 Å². The average Bonchev–Trinajstić information content (AvgIpc) is 3.47. The van der Waals surface area contributed by atoms with Gasteiger partial charge in [0.25, 0.3) is 0 Å². The fraction of sp³-hybridized carbons (Fsp3) is 0.462. The van der Waals surface area contributed by atoms with E-state index < -0.39 is 0 Å². The molecule has 2 aliphatic rings. The fourth-order valence-electron chi connectivity index (χ4n) is 5.15. The van der Waals surface area contributed by atoms with Crippen molar-refractivity contribution in [3.8, 4) is 22.8 Å². The third kappa shape index (κ3) is 4.99. The van der Waals surface area contributed by atoms with E-state index in [4.69, 9.17) is 0 Å². The van der Waals surface area contributed by atoms with Crippen LogP contribution in [0.3, 0.4) is 0 Å². The van der Waals surface area contributed by atoms with Crippen molar-refractivity contribution in [1.29, 1.82) is 0 Å². The first kappa shape index (κ1) is 25.4. The second-order valence-corrected chi connectivity index (χ2v) is 10.4. The maximum Gasteiger partial charge on any atom is 2.00 e. The summed E-state index contributed by atoms with van der Waals surface area (Å²) in [6.45, 7) is 8.96. The molecule has 8 nitrogen and oxygen atoms in total. The van der Waals surface area contributed by atoms with E-state index in [2.05, 4.69) is 68.0 Å². The van der Waals surface area contributed by atoms with E-state index in [1.54, 1.807) is 25.0 Å². The van der Waals surface area contributed by atoms with Gasteiger partial charge in [-0.1, -0.05) is 39.1 Å². The zero-order chi connectivity index (χ0) is 23.8. The Kier molecular flexibility index (Phi) is 7.32. The van der Waals surface area contributed by atoms with Crippen molar-refractivity contribution in [2.45, 2.75) is 77.0 Å². The fourth-order valence-corrected chi connectivity index (χ4v) is 5.15. The summed E-state index contributed by atoms with van der Waals surface area (Å²) < 4.78 is 0. The van der Waals surface area contributed by atoms with Gasteiger partial charge in [-0.05, 0) is 61.8 Å². The minimum Gasteiger partial charge on any atom is -0.573 e. The molecular weight excluding hydrogens is 619 g/mol. The van der Waals surface area contributed by atoms with Gasteiger partial charge in [0.05, 0.1) is 11.4 Å². The first-order chi connectivity index (χ1) is 16.4. The molecule has 0 atom stereocenters. The van der Waals surface area contributed by atoms with Crippen molar-refractivity contribution < 1.29 is 21.1 Å². The SMILES string of the molecule is CC1(C)CCCc2c1n[n-]c2-c1ccncn1.CC1(C)CCCc2c1n[n-]c2-c1ccncn1.[Pt+2]. The third-order valence-corrected chi connectivity index (χ3v) is 7.03. The van der Waals surface area contributed by atoms with Gasteiger partial charge in [-0.3, -0.25) is 0 Å². The molecular formula is C26H30N8Pt. The van der Waals surface area contributed by atoms with Crippen molar-refractivity contribution in [3.63, 3.8) is 0 Å². The van der Waals surface area contributed by atoms with Crippen LogP contribution < -0.4 is 10.2 Å². The van der Waals surface area contributed by atoms with Crippen LogP contribution >= 0.6 is 0 Å². The van der Waals surface area contributed by atoms with Crippen LogP contribution in [0.5, 0.6) is 0 Å². The maximum atomic E-state index is 4.38. The molecule has 0 saturated heterocycles. The summed E-state index contributed by atoms with van der Waals surface area (Å²) in [6, 6.07) is 3.79. The van der Waals surface area contributed by atoms with E-state index in [1.165, 1.54) is 36.8 Å². The van der Waals surface area contributed by atoms with Gasteiger partial charge in [-0.25, -0.2) is 19.9 Å². The molecule has 2 aliphatic carbocycles. The second kappa shape index (κ2) is 10.1. The van der Waals surface area contributed by atoms with Crippen LogP contribution in [0.1, 0.15) is 75.9 Å². The molecule has 0 aliphatic heterocycles. The Labute approximate surface area is 220 Å². The van der Waals surface area contributed by atoms with Crippen LogP contribution in [0.25, 0.3) is 22.8 Å². The molecule has 0 aromatic carbocycles. The van der Waals surface area contributed by atoms with Crippen LogP contribution in [0.15, 0.2) is 37.2 Å². The Bertz CT molecular complexity index is 1160. The van der Waals surface area contributed by atoms with Gasteiger partial charge in [0, 0.05) is 34.6 Å². The number of fused-ring (bicyclic) bond motifs is 2. The minimum absolute atomic E-state index is 0. The summed E-state index contributed by atoms with van der Waals surface area (Å²) in [6.07, 6.45) is 13.5. The van der Waals surface area contributed by atoms with E-state index in [0.29, 0.717) is 0 Å². The first-order valence-electron chi connectivity index (χ1n) is 11.9. The molecule has 4 aromatic heterocycles. The molecule has 0 bridgehead atoms. The van der Waals surface area contributed by atoms with E-state index in [-0.39, 0.29) is 31.9 Å². The van der Waals surface area contributed by atoms with Gasteiger partial charge in [-0.2, -0.15) is 0 Å². The summed E-state index contributed by atoms with van der Waals surface area (Å²) in [5, 5.41) is 17.4. The van der Waals surface area contributed by atoms with Crippen molar-refractivity contribution in [2.75, 3.05) is 0 Å². The van der Waals surface area contributed by atoms with Gasteiger partial charge in [0.15, 0.2) is 0 Å². The molecule has 0 radical (unpaired) electrons. The Hall–Kier alpha value is -2.73. The summed E-state index contributed by atoms with van der Waals surface area (Å²) in [5.74, 6) is 0. The minimum atomic E-state index is 0. The molecule has 4 aromatic rings. The molecule has 0 fully saturated rings. The smallest absolute Gasteiger partial charge is 0.573 e. The normalized spacial score (nSPS) is 17.3. The van der Waals surface area contributed by atoms with Crippen LogP contribution in [0.2, 0.25) is 0 Å². The Morgan fingerprint density at radius 3 is 1.49 bits per heavy atom. The zero-order valence-electron chi connectivity index (χ0n) is 20.6. The van der Waals surface area contributed by atoms with Crippen LogP contribution in [0.4, 0.5) is 0 Å². The quantitative estimate of drug-likeness (QED) is 0.318. The van der Waals surface area contributed by atoms with Crippen molar-refractivity contribution in [3.05, 3.63) is 59.7 Å². The molecule has 0 spiro atoms. The Morgan fingerprint density at radius 2 is 1.11 bits per heavy atom. The number of rotatable bonds is 2. The topological polar surface area (TPSA) is 106 Å². The van der Waals surface area contributed by atoms with Gasteiger partial charge < -0.3 is 20.4 Å². The standard InChI is InChI=1S/2C13H15N4.Pt/c2*1-13(2)6-3-4-9-11(16-17-12(9)13)10-5-7-14-8-15-10;/h2*5,7-8H,3-4,6H2,1-2H3;/q2*-1;+2. The molecule has 35 heavy (non-hydrogen) atoms. The van der Waals surface area contributed by atoms with Gasteiger partial charge in [0.1, 0.15) is 12.7 Å². The van der Waals surface area contributed by atoms with Crippen LogP contribution in [-0.2, 0) is 44.7 Å². The third-order valence-electron chi connectivity index (χ3n) is 7.03. The zero-order valence-corrected chi connectivity index (χ0v) is 22.9. The van der Waals surface area contributed by atoms with Crippen LogP contribution in [-0.4, -0.2) is 30.1 Å². The molecule has 6 rings (SSSR count). The van der Waals surface area contributed by atoms with E-state index in [1.807, 2.05) is 12.1 Å². The summed E-state index contributed by atoms with van der Waals surface area (Å²) in [5.41, 5.74) is 8.79. The average molecular weight is 650 g/mol. The molecule has 4 heterocycles. The molecule has 0 unspecified atom stereocenters. The maximum absolute atomic E-state index is 4.38. The van der Waals surface area contributed by atoms with Gasteiger partial charge in [0.2, 0.25) is 0 Å². The largest absolute Gasteiger partial charge is 2.00 e. The van der Waals surface area contributed by atoms with Gasteiger partial charge in [-0.15, -0.1) is 0 Å². The van der Waals surface area contributed by atoms with Crippen molar-refractivity contribution in [1.82, 2.24) is 40.3 Å². The predicted molar refractivity (Wildman–Crippen MR) is 129 cm³/mol. The molecule has 184 valence electrons. The van der Waals surface area contributed by atoms with Crippen LogP contribution in [0, 0.1) is 0 Å². The number of nitrogens with zero attached hydrogens (tertiary/aromatic N) is 8. The number of hydrogen-bond acceptors (Lipinski definition) is 6. The van der Waals surface area contributed by atoms with Crippen molar-refractivity contribution >= 4 is 0 Å². The first-order valence-corrected chi connectivity index (χ1v) is 11.9. The predicted octanol–water partition coefficient (Wildman–Crippen LogP) is 4.22. The monoisotopic (exact) mass is 649 g/mol. The second-order valence-electron chi connectivity index (χ2n) is 10.4. The van der Waals surface area contributed by atoms with E-state index >= 15 is 0 Å². The summed E-state index contributed by atoms with van der Waals surface area (Å²) in [4.78, 5) is 16.4. The molecule has 0 saturated carbocycles. The Morgan fingerprint density at radius 1 is 0.686 bits per heavy atom. The summed E-state index contributed by atoms with van der Waals surface area (Å²) in [7, 11) is 0. The summed E-state index contributed by atoms with van der Waals surface area (Å²) >= 11 is 0. The Balaban J connectivity index is 0.000000160. The molecule has 9 heteroatoms.